The third kappa shape index (κ3) is 4.44. The molecule has 0 aliphatic rings. The van der Waals surface area contributed by atoms with E-state index in [1.165, 1.54) is 24.3 Å². The standard InChI is InChI=1S/C10H9BrCl3NO4/c11-7(9(17)10(12,13)14)8(16)5-1-3-6(4-2-5)15(18)19/h1-4,7-9,16-17H/t7-,8-,9-/m1/s1. The summed E-state index contributed by atoms with van der Waals surface area (Å²) in [4.78, 5) is 9.00. The zero-order valence-electron chi connectivity index (χ0n) is 9.21. The number of benzene rings is 1. The molecule has 1 rings (SSSR count). The highest BCUT2D eigenvalue weighted by Crippen LogP contribution is 2.38. The number of halogens is 4. The summed E-state index contributed by atoms with van der Waals surface area (Å²) in [5.41, 5.74) is 0.241. The van der Waals surface area contributed by atoms with Gasteiger partial charge in [0, 0.05) is 12.1 Å². The lowest BCUT2D eigenvalue weighted by Gasteiger charge is -2.27. The average Bonchev–Trinajstić information content (AvgIpc) is 2.35. The van der Waals surface area contributed by atoms with E-state index in [-0.39, 0.29) is 5.69 Å². The van der Waals surface area contributed by atoms with Gasteiger partial charge in [-0.15, -0.1) is 0 Å². The van der Waals surface area contributed by atoms with Crippen LogP contribution in [-0.2, 0) is 0 Å². The van der Waals surface area contributed by atoms with Gasteiger partial charge in [-0.25, -0.2) is 0 Å². The molecule has 0 amide bonds. The normalized spacial score (nSPS) is 16.7. The number of nitrogens with zero attached hydrogens (tertiary/aromatic N) is 1. The molecule has 0 radical (unpaired) electrons. The Morgan fingerprint density at radius 2 is 1.68 bits per heavy atom. The quantitative estimate of drug-likeness (QED) is 0.468. The van der Waals surface area contributed by atoms with Crippen LogP contribution in [0.25, 0.3) is 0 Å². The zero-order chi connectivity index (χ0) is 14.8. The number of non-ortho nitro benzene ring substituents is 1. The molecule has 0 aromatic heterocycles. The van der Waals surface area contributed by atoms with E-state index in [1.807, 2.05) is 0 Å². The average molecular weight is 393 g/mol. The van der Waals surface area contributed by atoms with Crippen LogP contribution in [0.4, 0.5) is 5.69 Å². The van der Waals surface area contributed by atoms with Crippen molar-refractivity contribution in [1.29, 1.82) is 0 Å². The van der Waals surface area contributed by atoms with Gasteiger partial charge in [-0.1, -0.05) is 50.7 Å². The van der Waals surface area contributed by atoms with Gasteiger partial charge < -0.3 is 10.2 Å². The van der Waals surface area contributed by atoms with Gasteiger partial charge >= 0.3 is 0 Å². The number of rotatable bonds is 4. The highest BCUT2D eigenvalue weighted by Gasteiger charge is 2.39. The van der Waals surface area contributed by atoms with Crippen LogP contribution in [0.2, 0.25) is 0 Å². The summed E-state index contributed by atoms with van der Waals surface area (Å²) in [6.07, 6.45) is -2.64. The Labute approximate surface area is 132 Å². The van der Waals surface area contributed by atoms with Crippen LogP contribution >= 0.6 is 50.7 Å². The van der Waals surface area contributed by atoms with Gasteiger partial charge in [-0.3, -0.25) is 10.1 Å². The topological polar surface area (TPSA) is 83.6 Å². The molecule has 0 aliphatic heterocycles. The van der Waals surface area contributed by atoms with Crippen molar-refractivity contribution in [2.75, 3.05) is 0 Å². The second-order valence-electron chi connectivity index (χ2n) is 3.72. The SMILES string of the molecule is O=[N+]([O-])c1ccc([C@@H](O)[C@@H](Br)[C@@H](O)C(Cl)(Cl)Cl)cc1. The Balaban J connectivity index is 2.88. The van der Waals surface area contributed by atoms with E-state index < -0.39 is 25.8 Å². The van der Waals surface area contributed by atoms with Gasteiger partial charge in [0.1, 0.15) is 6.10 Å². The molecular weight excluding hydrogens is 384 g/mol. The minimum Gasteiger partial charge on any atom is -0.387 e. The third-order valence-electron chi connectivity index (χ3n) is 2.38. The molecule has 0 saturated carbocycles. The van der Waals surface area contributed by atoms with Crippen molar-refractivity contribution in [3.63, 3.8) is 0 Å². The number of aliphatic hydroxyl groups excluding tert-OH is 2. The number of nitro benzene ring substituents is 1. The minimum absolute atomic E-state index is 0.107. The van der Waals surface area contributed by atoms with Crippen LogP contribution in [0.1, 0.15) is 11.7 Å². The molecule has 2 N–H and O–H groups in total. The van der Waals surface area contributed by atoms with Crippen molar-refractivity contribution in [3.05, 3.63) is 39.9 Å². The molecular formula is C10H9BrCl3NO4. The maximum atomic E-state index is 10.5. The summed E-state index contributed by atoms with van der Waals surface area (Å²) < 4.78 is -1.96. The molecule has 1 aromatic carbocycles. The highest BCUT2D eigenvalue weighted by atomic mass is 79.9. The molecule has 0 unspecified atom stereocenters. The molecule has 3 atom stereocenters. The summed E-state index contributed by atoms with van der Waals surface area (Å²) in [7, 11) is 0. The van der Waals surface area contributed by atoms with Crippen molar-refractivity contribution < 1.29 is 15.1 Å². The molecule has 0 heterocycles. The maximum Gasteiger partial charge on any atom is 0.269 e. The summed E-state index contributed by atoms with van der Waals surface area (Å²) in [6, 6.07) is 5.20. The summed E-state index contributed by atoms with van der Waals surface area (Å²) in [6.45, 7) is 0. The number of alkyl halides is 4. The molecule has 0 bridgehead atoms. The smallest absolute Gasteiger partial charge is 0.269 e. The largest absolute Gasteiger partial charge is 0.387 e. The Kier molecular flexibility index (Phi) is 5.85. The van der Waals surface area contributed by atoms with Crippen LogP contribution in [0.3, 0.4) is 0 Å². The number of hydrogen-bond acceptors (Lipinski definition) is 4. The second-order valence-corrected chi connectivity index (χ2v) is 7.15. The molecule has 0 fully saturated rings. The van der Waals surface area contributed by atoms with Crippen molar-refractivity contribution in [2.45, 2.75) is 20.8 Å². The minimum atomic E-state index is -1.96. The van der Waals surface area contributed by atoms with Gasteiger partial charge in [-0.05, 0) is 17.7 Å². The summed E-state index contributed by atoms with van der Waals surface area (Å²) in [5.74, 6) is 0. The van der Waals surface area contributed by atoms with Crippen molar-refractivity contribution >= 4 is 56.4 Å². The predicted molar refractivity (Wildman–Crippen MR) is 77.1 cm³/mol. The van der Waals surface area contributed by atoms with Crippen LogP contribution < -0.4 is 0 Å². The summed E-state index contributed by atoms with van der Waals surface area (Å²) >= 11 is 19.6. The Bertz CT molecular complexity index is 451. The van der Waals surface area contributed by atoms with Crippen LogP contribution in [-0.4, -0.2) is 29.9 Å². The number of hydrogen-bond donors (Lipinski definition) is 2. The van der Waals surface area contributed by atoms with Gasteiger partial charge in [0.05, 0.1) is 15.9 Å². The lowest BCUT2D eigenvalue weighted by Crippen LogP contribution is -2.37. The number of nitro groups is 1. The zero-order valence-corrected chi connectivity index (χ0v) is 13.1. The van der Waals surface area contributed by atoms with Gasteiger partial charge in [0.25, 0.3) is 5.69 Å². The molecule has 1 aromatic rings. The van der Waals surface area contributed by atoms with Crippen LogP contribution in [0.15, 0.2) is 24.3 Å². The van der Waals surface area contributed by atoms with E-state index >= 15 is 0 Å². The van der Waals surface area contributed by atoms with E-state index in [4.69, 9.17) is 34.8 Å². The molecule has 0 aliphatic carbocycles. The van der Waals surface area contributed by atoms with Crippen LogP contribution in [0, 0.1) is 10.1 Å². The fourth-order valence-corrected chi connectivity index (χ4v) is 2.90. The first-order valence-corrected chi connectivity index (χ1v) is 7.01. The predicted octanol–water partition coefficient (Wildman–Crippen LogP) is 3.12. The lowest BCUT2D eigenvalue weighted by molar-refractivity contribution is -0.384. The first kappa shape index (κ1) is 16.9. The van der Waals surface area contributed by atoms with E-state index in [1.54, 1.807) is 0 Å². The molecule has 19 heavy (non-hydrogen) atoms. The maximum absolute atomic E-state index is 10.5. The lowest BCUT2D eigenvalue weighted by atomic mass is 10.0. The summed E-state index contributed by atoms with van der Waals surface area (Å²) in [5, 5.41) is 30.2. The van der Waals surface area contributed by atoms with Crippen LogP contribution in [0.5, 0.6) is 0 Å². The van der Waals surface area contributed by atoms with E-state index in [2.05, 4.69) is 15.9 Å². The van der Waals surface area contributed by atoms with Gasteiger partial charge in [-0.2, -0.15) is 0 Å². The number of aliphatic hydroxyl groups is 2. The van der Waals surface area contributed by atoms with E-state index in [0.717, 1.165) is 0 Å². The molecule has 5 nitrogen and oxygen atoms in total. The molecule has 9 heteroatoms. The first-order valence-electron chi connectivity index (χ1n) is 4.96. The molecule has 0 saturated heterocycles. The fraction of sp³-hybridized carbons (Fsp3) is 0.400. The van der Waals surface area contributed by atoms with Crippen molar-refractivity contribution in [3.8, 4) is 0 Å². The second kappa shape index (κ2) is 6.56. The van der Waals surface area contributed by atoms with Gasteiger partial charge in [0.2, 0.25) is 3.79 Å². The first-order chi connectivity index (χ1) is 8.64. The molecule has 106 valence electrons. The Hall–Kier alpha value is -0.110. The van der Waals surface area contributed by atoms with Crippen molar-refractivity contribution in [2.24, 2.45) is 0 Å². The van der Waals surface area contributed by atoms with E-state index in [0.29, 0.717) is 5.56 Å². The third-order valence-corrected chi connectivity index (χ3v) is 4.06. The monoisotopic (exact) mass is 391 g/mol. The van der Waals surface area contributed by atoms with Crippen molar-refractivity contribution in [1.82, 2.24) is 0 Å². The molecule has 0 spiro atoms. The van der Waals surface area contributed by atoms with E-state index in [9.17, 15) is 20.3 Å². The highest BCUT2D eigenvalue weighted by molar-refractivity contribution is 9.09. The fourth-order valence-electron chi connectivity index (χ4n) is 1.33. The Morgan fingerprint density at radius 3 is 2.05 bits per heavy atom. The van der Waals surface area contributed by atoms with Gasteiger partial charge in [0.15, 0.2) is 0 Å². The Morgan fingerprint density at radius 1 is 1.21 bits per heavy atom.